The molecule has 0 bridgehead atoms. The number of unbranched alkanes of at least 4 members (excludes halogenated alkanes) is 37. The first kappa shape index (κ1) is 66.7. The fourth-order valence-electron chi connectivity index (χ4n) is 8.72. The maximum Gasteiger partial charge on any atom is 0.472 e. The summed E-state index contributed by atoms with van der Waals surface area (Å²) in [6.45, 7) is 4.84. The Labute approximate surface area is 423 Å². The molecule has 0 spiro atoms. The number of amides is 1. The molecule has 0 fully saturated rings. The molecule has 0 aliphatic rings. The minimum absolute atomic E-state index is 0.0629. The molecule has 0 aromatic carbocycles. The smallest absolute Gasteiger partial charge is 0.387 e. The summed E-state index contributed by atoms with van der Waals surface area (Å²) >= 11 is 0. The van der Waals surface area contributed by atoms with Gasteiger partial charge in [-0.25, -0.2) is 4.57 Å². The molecule has 0 aromatic heterocycles. The van der Waals surface area contributed by atoms with Gasteiger partial charge in [0.15, 0.2) is 0 Å². The summed E-state index contributed by atoms with van der Waals surface area (Å²) in [5.74, 6) is -0.173. The standard InChI is InChI=1S/C59H115N2O6P/c1-6-8-10-12-14-16-18-20-22-24-25-26-27-28-29-30-31-32-33-34-35-37-39-41-43-45-47-49-51-53-59(63)60-57(56-67-68(64,65)66-55-54-61(3,4)5)58(62)52-50-48-46-44-42-40-38-36-23-21-19-17-15-13-11-9-7-2/h18,20,24-25,50,52,57-58,62H,6-17,19,21-23,26-49,51,53-56H2,1-5H3,(H-,60,63,64,65)/p+1/b20-18-,25-24-,52-50+. The quantitative estimate of drug-likeness (QED) is 0.0243. The number of carbonyl (C=O) groups is 1. The van der Waals surface area contributed by atoms with Crippen LogP contribution in [-0.4, -0.2) is 73.4 Å². The van der Waals surface area contributed by atoms with Crippen molar-refractivity contribution in [3.05, 3.63) is 36.5 Å². The van der Waals surface area contributed by atoms with Gasteiger partial charge >= 0.3 is 7.82 Å². The normalized spacial score (nSPS) is 14.2. The van der Waals surface area contributed by atoms with Crippen molar-refractivity contribution in [2.45, 2.75) is 296 Å². The number of hydrogen-bond donors (Lipinski definition) is 3. The lowest BCUT2D eigenvalue weighted by molar-refractivity contribution is -0.870. The first-order chi connectivity index (χ1) is 33.0. The molecule has 1 amide bonds. The van der Waals surface area contributed by atoms with Crippen LogP contribution in [0.15, 0.2) is 36.5 Å². The van der Waals surface area contributed by atoms with Gasteiger partial charge in [0.05, 0.1) is 39.9 Å². The van der Waals surface area contributed by atoms with Crippen LogP contribution in [-0.2, 0) is 18.4 Å². The molecule has 402 valence electrons. The average molecular weight is 981 g/mol. The lowest BCUT2D eigenvalue weighted by atomic mass is 10.0. The topological polar surface area (TPSA) is 105 Å². The molecule has 0 aliphatic carbocycles. The fraction of sp³-hybridized carbons (Fsp3) is 0.881. The largest absolute Gasteiger partial charge is 0.472 e. The molecule has 68 heavy (non-hydrogen) atoms. The van der Waals surface area contributed by atoms with Gasteiger partial charge in [-0.15, -0.1) is 0 Å². The highest BCUT2D eigenvalue weighted by molar-refractivity contribution is 7.47. The summed E-state index contributed by atoms with van der Waals surface area (Å²) in [7, 11) is 1.58. The van der Waals surface area contributed by atoms with E-state index in [-0.39, 0.29) is 19.1 Å². The summed E-state index contributed by atoms with van der Waals surface area (Å²) in [5.41, 5.74) is 0. The van der Waals surface area contributed by atoms with Gasteiger partial charge in [0.25, 0.3) is 0 Å². The predicted octanol–water partition coefficient (Wildman–Crippen LogP) is 17.8. The Morgan fingerprint density at radius 2 is 0.838 bits per heavy atom. The van der Waals surface area contributed by atoms with Crippen molar-refractivity contribution < 1.29 is 32.9 Å². The number of aliphatic hydroxyl groups is 1. The van der Waals surface area contributed by atoms with Gasteiger partial charge in [-0.1, -0.05) is 262 Å². The second kappa shape index (κ2) is 50.7. The Kier molecular flexibility index (Phi) is 49.7. The van der Waals surface area contributed by atoms with Crippen molar-refractivity contribution in [3.8, 4) is 0 Å². The third-order valence-corrected chi connectivity index (χ3v) is 14.3. The van der Waals surface area contributed by atoms with Crippen LogP contribution in [0.2, 0.25) is 0 Å². The zero-order valence-corrected chi connectivity index (χ0v) is 46.8. The Morgan fingerprint density at radius 3 is 1.21 bits per heavy atom. The van der Waals surface area contributed by atoms with Crippen LogP contribution in [0.25, 0.3) is 0 Å². The molecular weight excluding hydrogens is 864 g/mol. The maximum atomic E-state index is 13.0. The number of likely N-dealkylation sites (N-methyl/N-ethyl adjacent to an activating group) is 1. The van der Waals surface area contributed by atoms with E-state index < -0.39 is 20.0 Å². The zero-order valence-electron chi connectivity index (χ0n) is 45.9. The van der Waals surface area contributed by atoms with E-state index >= 15 is 0 Å². The molecule has 8 nitrogen and oxygen atoms in total. The number of carbonyl (C=O) groups excluding carboxylic acids is 1. The van der Waals surface area contributed by atoms with Gasteiger partial charge in [0, 0.05) is 6.42 Å². The highest BCUT2D eigenvalue weighted by atomic mass is 31.2. The van der Waals surface area contributed by atoms with Gasteiger partial charge in [-0.05, 0) is 51.4 Å². The SMILES string of the molecule is CCCCCCC/C=C\C/C=C\CCCCCCCCCCCCCCCCCCCC(=O)NC(COP(=O)(O)OCC[N+](C)(C)C)C(O)/C=C/CCCCCCCCCCCCCCCCC. The number of phosphoric ester groups is 1. The maximum absolute atomic E-state index is 13.0. The Hall–Kier alpha value is -1.28. The van der Waals surface area contributed by atoms with Crippen LogP contribution in [0.1, 0.15) is 284 Å². The Morgan fingerprint density at radius 1 is 0.500 bits per heavy atom. The zero-order chi connectivity index (χ0) is 49.9. The molecule has 3 N–H and O–H groups in total. The summed E-state index contributed by atoms with van der Waals surface area (Å²) in [6.07, 6.45) is 65.3. The lowest BCUT2D eigenvalue weighted by Gasteiger charge is -2.25. The van der Waals surface area contributed by atoms with E-state index in [4.69, 9.17) is 9.05 Å². The molecule has 0 aliphatic heterocycles. The number of allylic oxidation sites excluding steroid dienone is 5. The van der Waals surface area contributed by atoms with Crippen LogP contribution in [0, 0.1) is 0 Å². The third-order valence-electron chi connectivity index (χ3n) is 13.4. The molecule has 3 unspecified atom stereocenters. The van der Waals surface area contributed by atoms with Crippen LogP contribution in [0.5, 0.6) is 0 Å². The average Bonchev–Trinajstić information content (AvgIpc) is 3.30. The van der Waals surface area contributed by atoms with Crippen molar-refractivity contribution in [2.24, 2.45) is 0 Å². The molecule has 0 saturated heterocycles. The summed E-state index contributed by atoms with van der Waals surface area (Å²) in [4.78, 5) is 23.3. The number of hydrogen-bond acceptors (Lipinski definition) is 5. The minimum Gasteiger partial charge on any atom is -0.387 e. The van der Waals surface area contributed by atoms with Gasteiger partial charge < -0.3 is 19.8 Å². The monoisotopic (exact) mass is 980 g/mol. The van der Waals surface area contributed by atoms with Crippen molar-refractivity contribution in [3.63, 3.8) is 0 Å². The Balaban J connectivity index is 4.11. The van der Waals surface area contributed by atoms with Crippen molar-refractivity contribution in [2.75, 3.05) is 40.9 Å². The van der Waals surface area contributed by atoms with Crippen LogP contribution in [0.3, 0.4) is 0 Å². The molecule has 0 aromatic rings. The molecule has 3 atom stereocenters. The molecule has 0 rings (SSSR count). The van der Waals surface area contributed by atoms with E-state index in [1.807, 2.05) is 27.2 Å². The number of nitrogens with zero attached hydrogens (tertiary/aromatic N) is 1. The second-order valence-electron chi connectivity index (χ2n) is 21.4. The van der Waals surface area contributed by atoms with Gasteiger partial charge in [-0.3, -0.25) is 13.8 Å². The predicted molar refractivity (Wildman–Crippen MR) is 295 cm³/mol. The second-order valence-corrected chi connectivity index (χ2v) is 22.8. The van der Waals surface area contributed by atoms with Crippen LogP contribution in [0.4, 0.5) is 0 Å². The van der Waals surface area contributed by atoms with Gasteiger partial charge in [0.2, 0.25) is 5.91 Å². The number of quaternary nitrogens is 1. The van der Waals surface area contributed by atoms with E-state index in [2.05, 4.69) is 43.5 Å². The first-order valence-corrected chi connectivity index (χ1v) is 30.9. The number of aliphatic hydroxyl groups excluding tert-OH is 1. The third kappa shape index (κ3) is 52.5. The number of nitrogens with one attached hydrogen (secondary N) is 1. The molecule has 0 heterocycles. The first-order valence-electron chi connectivity index (χ1n) is 29.4. The van der Waals surface area contributed by atoms with Gasteiger partial charge in [0.1, 0.15) is 13.2 Å². The molecule has 9 heteroatoms. The number of rotatable bonds is 54. The summed E-state index contributed by atoms with van der Waals surface area (Å²) < 4.78 is 23.7. The van der Waals surface area contributed by atoms with Gasteiger partial charge in [-0.2, -0.15) is 0 Å². The highest BCUT2D eigenvalue weighted by Gasteiger charge is 2.27. The highest BCUT2D eigenvalue weighted by Crippen LogP contribution is 2.43. The van der Waals surface area contributed by atoms with E-state index in [1.54, 1.807) is 6.08 Å². The van der Waals surface area contributed by atoms with Crippen LogP contribution >= 0.6 is 7.82 Å². The van der Waals surface area contributed by atoms with Crippen molar-refractivity contribution in [1.82, 2.24) is 5.32 Å². The molecular formula is C59H116N2O6P+. The fourth-order valence-corrected chi connectivity index (χ4v) is 9.46. The van der Waals surface area contributed by atoms with E-state index in [9.17, 15) is 19.4 Å². The molecule has 0 saturated carbocycles. The van der Waals surface area contributed by atoms with Crippen molar-refractivity contribution >= 4 is 13.7 Å². The summed E-state index contributed by atoms with van der Waals surface area (Å²) in [5, 5.41) is 13.9. The van der Waals surface area contributed by atoms with E-state index in [1.165, 1.54) is 218 Å². The van der Waals surface area contributed by atoms with E-state index in [0.717, 1.165) is 44.9 Å². The lowest BCUT2D eigenvalue weighted by Crippen LogP contribution is -2.45. The van der Waals surface area contributed by atoms with Crippen molar-refractivity contribution in [1.29, 1.82) is 0 Å². The Bertz CT molecular complexity index is 1200. The number of phosphoric acid groups is 1. The van der Waals surface area contributed by atoms with E-state index in [0.29, 0.717) is 17.4 Å². The summed E-state index contributed by atoms with van der Waals surface area (Å²) in [6, 6.07) is -0.845. The molecule has 0 radical (unpaired) electrons. The van der Waals surface area contributed by atoms with Crippen LogP contribution < -0.4 is 5.32 Å². The minimum atomic E-state index is -4.34.